The van der Waals surface area contributed by atoms with Crippen molar-refractivity contribution in [1.82, 2.24) is 0 Å². The van der Waals surface area contributed by atoms with Crippen molar-refractivity contribution in [1.29, 1.82) is 0 Å². The van der Waals surface area contributed by atoms with Gasteiger partial charge in [-0.05, 0) is 0 Å². The van der Waals surface area contributed by atoms with Gasteiger partial charge in [0.1, 0.15) is 0 Å². The molecular formula is Cl3OV-. The Kier molecular flexibility index (Phi) is 411. The summed E-state index contributed by atoms with van der Waals surface area (Å²) in [6.45, 7) is 0. The zero-order chi connectivity index (χ0) is 2.00. The van der Waals surface area contributed by atoms with Gasteiger partial charge in [-0.3, -0.25) is 0 Å². The standard InChI is InChI=1S/3ClH.O.V/h3*1H;;/q;;;;+2/p-3. The van der Waals surface area contributed by atoms with E-state index in [0.29, 0.717) is 0 Å². The molecule has 0 unspecified atom stereocenters. The molecule has 5 heteroatoms. The van der Waals surface area contributed by atoms with E-state index in [0.717, 1.165) is 17.4 Å². The molecule has 1 nitrogen and oxygen atoms in total. The predicted molar refractivity (Wildman–Crippen MR) is 0.686 cm³/mol. The van der Waals surface area contributed by atoms with E-state index in [2.05, 4.69) is 0 Å². The quantitative estimate of drug-likeness (QED) is 0.356. The molecule has 0 rings (SSSR count). The van der Waals surface area contributed by atoms with Crippen LogP contribution in [-0.2, 0) is 21.0 Å². The molecule has 0 aliphatic carbocycles. The van der Waals surface area contributed by atoms with Gasteiger partial charge in [0.25, 0.3) is 0 Å². The van der Waals surface area contributed by atoms with Crippen LogP contribution < -0.4 is 37.2 Å². The van der Waals surface area contributed by atoms with Crippen LogP contribution in [0.25, 0.3) is 0 Å². The summed E-state index contributed by atoms with van der Waals surface area (Å²) in [5.74, 6) is 0. The average Bonchev–Trinajstić information content (AvgIpc) is 1.00. The van der Waals surface area contributed by atoms with Gasteiger partial charge in [0, 0.05) is 0 Å². The topological polar surface area (TPSA) is 17.1 Å². The molecule has 0 heterocycles. The minimum absolute atomic E-state index is 0. The molecule has 0 fully saturated rings. The third kappa shape index (κ3) is 35.4. The maximum atomic E-state index is 8.19. The second kappa shape index (κ2) is 60.4. The second-order valence-corrected chi connectivity index (χ2v) is 0. The first kappa shape index (κ1) is 34.0. The van der Waals surface area contributed by atoms with E-state index in [1.807, 2.05) is 0 Å². The Morgan fingerprint density at radius 3 is 0.800 bits per heavy atom. The van der Waals surface area contributed by atoms with Crippen LogP contribution in [0.15, 0.2) is 0 Å². The molecule has 0 N–H and O–H groups in total. The Morgan fingerprint density at radius 1 is 0.800 bits per heavy atom. The van der Waals surface area contributed by atoms with Crippen molar-refractivity contribution in [3.63, 3.8) is 0 Å². The van der Waals surface area contributed by atoms with Crippen LogP contribution in [0, 0.1) is 0 Å². The van der Waals surface area contributed by atoms with Crippen molar-refractivity contribution >= 4 is 0 Å². The van der Waals surface area contributed by atoms with E-state index in [9.17, 15) is 0 Å². The monoisotopic (exact) mass is 172 g/mol. The summed E-state index contributed by atoms with van der Waals surface area (Å²) in [5.41, 5.74) is 0. The molecule has 0 bridgehead atoms. The van der Waals surface area contributed by atoms with Crippen molar-refractivity contribution in [2.24, 2.45) is 0 Å². The van der Waals surface area contributed by atoms with Gasteiger partial charge >= 0.3 is 21.0 Å². The van der Waals surface area contributed by atoms with Gasteiger partial charge in [-0.25, -0.2) is 0 Å². The SMILES string of the molecule is [Cl-].[Cl-].[Cl-].[O]=[V+2]. The van der Waals surface area contributed by atoms with Gasteiger partial charge in [0.2, 0.25) is 0 Å². The third-order valence-electron chi connectivity index (χ3n) is 0. The Hall–Kier alpha value is 1.25. The summed E-state index contributed by atoms with van der Waals surface area (Å²) in [6.07, 6.45) is 0. The first-order valence-corrected chi connectivity index (χ1v) is 0.753. The number of hydrogen-bond donors (Lipinski definition) is 0. The van der Waals surface area contributed by atoms with Gasteiger partial charge in [0.05, 0.1) is 0 Å². The Bertz CT molecular complexity index is 6.85. The Morgan fingerprint density at radius 2 is 0.800 bits per heavy atom. The summed E-state index contributed by atoms with van der Waals surface area (Å²) in [4.78, 5) is 0. The van der Waals surface area contributed by atoms with Crippen LogP contribution in [0.3, 0.4) is 0 Å². The van der Waals surface area contributed by atoms with E-state index in [4.69, 9.17) is 3.67 Å². The summed E-state index contributed by atoms with van der Waals surface area (Å²) >= 11 is 1.06. The fourth-order valence-corrected chi connectivity index (χ4v) is 0. The predicted octanol–water partition coefficient (Wildman–Crippen LogP) is -9.11. The Balaban J connectivity index is -0.00000000167. The first-order valence-electron chi connectivity index (χ1n) is 0.183. The molecule has 0 aromatic heterocycles. The van der Waals surface area contributed by atoms with Crippen molar-refractivity contribution < 1.29 is 58.3 Å². The van der Waals surface area contributed by atoms with E-state index in [1.54, 1.807) is 0 Å². The van der Waals surface area contributed by atoms with Gasteiger partial charge in [0.15, 0.2) is 0 Å². The van der Waals surface area contributed by atoms with E-state index < -0.39 is 0 Å². The van der Waals surface area contributed by atoms with E-state index >= 15 is 0 Å². The van der Waals surface area contributed by atoms with Gasteiger partial charge in [-0.1, -0.05) is 0 Å². The molecule has 0 aliphatic heterocycles. The fourth-order valence-electron chi connectivity index (χ4n) is 0. The summed E-state index contributed by atoms with van der Waals surface area (Å²) in [7, 11) is 0. The van der Waals surface area contributed by atoms with E-state index in [1.165, 1.54) is 0 Å². The van der Waals surface area contributed by atoms with Gasteiger partial charge in [-0.2, -0.15) is 0 Å². The molecule has 0 saturated heterocycles. The summed E-state index contributed by atoms with van der Waals surface area (Å²) in [6, 6.07) is 0. The van der Waals surface area contributed by atoms with Crippen LogP contribution in [0.1, 0.15) is 0 Å². The van der Waals surface area contributed by atoms with Crippen molar-refractivity contribution in [2.75, 3.05) is 0 Å². The van der Waals surface area contributed by atoms with Gasteiger partial charge < -0.3 is 37.2 Å². The van der Waals surface area contributed by atoms with Crippen LogP contribution in [0.5, 0.6) is 0 Å². The maximum absolute atomic E-state index is 8.19. The fraction of sp³-hybridized carbons (Fsp3) is 0. The summed E-state index contributed by atoms with van der Waals surface area (Å²) < 4.78 is 8.19. The van der Waals surface area contributed by atoms with Crippen LogP contribution in [-0.4, -0.2) is 0 Å². The molecule has 0 aromatic carbocycles. The van der Waals surface area contributed by atoms with Crippen molar-refractivity contribution in [3.05, 3.63) is 0 Å². The molecule has 33 valence electrons. The average molecular weight is 173 g/mol. The molecule has 0 atom stereocenters. The molecular weight excluding hydrogens is 173 g/mol. The molecule has 0 spiro atoms. The zero-order valence-corrected chi connectivity index (χ0v) is 5.65. The normalized spacial score (nSPS) is 1.20. The number of rotatable bonds is 0. The number of halogens is 3. The Labute approximate surface area is 58.3 Å². The molecule has 0 saturated carbocycles. The zero-order valence-electron chi connectivity index (χ0n) is 1.99. The van der Waals surface area contributed by atoms with Crippen LogP contribution >= 0.6 is 0 Å². The molecule has 0 radical (unpaired) electrons. The molecule has 5 heavy (non-hydrogen) atoms. The van der Waals surface area contributed by atoms with Gasteiger partial charge in [-0.15, -0.1) is 0 Å². The van der Waals surface area contributed by atoms with Crippen molar-refractivity contribution in [2.45, 2.75) is 0 Å². The minimum atomic E-state index is 0. The summed E-state index contributed by atoms with van der Waals surface area (Å²) in [5, 5.41) is 0. The molecule has 0 aliphatic rings. The first-order chi connectivity index (χ1) is 1.00. The van der Waals surface area contributed by atoms with Crippen LogP contribution in [0.2, 0.25) is 0 Å². The second-order valence-electron chi connectivity index (χ2n) is 0. The van der Waals surface area contributed by atoms with Crippen LogP contribution in [0.4, 0.5) is 0 Å². The molecule has 0 amide bonds. The van der Waals surface area contributed by atoms with Crippen molar-refractivity contribution in [3.8, 4) is 0 Å². The number of hydrogen-bond acceptors (Lipinski definition) is 1. The van der Waals surface area contributed by atoms with E-state index in [-0.39, 0.29) is 37.2 Å². The third-order valence-corrected chi connectivity index (χ3v) is 0. The molecule has 0 aromatic rings.